The molecule has 0 saturated carbocycles. The molecule has 1 amide bonds. The molecule has 0 radical (unpaired) electrons. The fourth-order valence-electron chi connectivity index (χ4n) is 2.80. The SMILES string of the molecule is Cc1ccccc1C(=O)Nc1nc(-c2ccc3c(c2)CCO3)cs1. The van der Waals surface area contributed by atoms with Crippen molar-refractivity contribution in [1.29, 1.82) is 0 Å². The van der Waals surface area contributed by atoms with Crippen LogP contribution >= 0.6 is 11.3 Å². The van der Waals surface area contributed by atoms with E-state index in [1.165, 1.54) is 16.9 Å². The maximum absolute atomic E-state index is 12.4. The fourth-order valence-corrected chi connectivity index (χ4v) is 3.52. The molecule has 1 aromatic heterocycles. The van der Waals surface area contributed by atoms with Gasteiger partial charge < -0.3 is 4.74 Å². The highest BCUT2D eigenvalue weighted by molar-refractivity contribution is 7.14. The normalized spacial score (nSPS) is 12.5. The molecule has 0 bridgehead atoms. The van der Waals surface area contributed by atoms with Crippen LogP contribution in [0.25, 0.3) is 11.3 Å². The molecule has 0 saturated heterocycles. The van der Waals surface area contributed by atoms with Gasteiger partial charge in [-0.15, -0.1) is 11.3 Å². The molecule has 3 aromatic rings. The van der Waals surface area contributed by atoms with Gasteiger partial charge in [0.25, 0.3) is 5.91 Å². The second-order valence-electron chi connectivity index (χ2n) is 5.73. The zero-order valence-corrected chi connectivity index (χ0v) is 14.0. The molecule has 5 heteroatoms. The summed E-state index contributed by atoms with van der Waals surface area (Å²) >= 11 is 1.43. The summed E-state index contributed by atoms with van der Waals surface area (Å²) < 4.78 is 5.53. The third kappa shape index (κ3) is 2.78. The maximum Gasteiger partial charge on any atom is 0.257 e. The first kappa shape index (κ1) is 14.9. The lowest BCUT2D eigenvalue weighted by molar-refractivity contribution is 0.102. The topological polar surface area (TPSA) is 51.2 Å². The molecule has 0 unspecified atom stereocenters. The summed E-state index contributed by atoms with van der Waals surface area (Å²) in [4.78, 5) is 16.9. The molecule has 2 heterocycles. The van der Waals surface area contributed by atoms with Gasteiger partial charge in [0.2, 0.25) is 0 Å². The zero-order valence-electron chi connectivity index (χ0n) is 13.2. The Bertz CT molecular complexity index is 917. The second-order valence-corrected chi connectivity index (χ2v) is 6.59. The van der Waals surface area contributed by atoms with Gasteiger partial charge in [-0.1, -0.05) is 18.2 Å². The van der Waals surface area contributed by atoms with Crippen LogP contribution in [0.15, 0.2) is 47.8 Å². The van der Waals surface area contributed by atoms with E-state index in [9.17, 15) is 4.79 Å². The van der Waals surface area contributed by atoms with Crippen LogP contribution in [0.5, 0.6) is 5.75 Å². The summed E-state index contributed by atoms with van der Waals surface area (Å²) in [7, 11) is 0. The fraction of sp³-hybridized carbons (Fsp3) is 0.158. The Balaban J connectivity index is 1.55. The standard InChI is InChI=1S/C19H16N2O2S/c1-12-4-2-3-5-15(12)18(22)21-19-20-16(11-24-19)13-6-7-17-14(10-13)8-9-23-17/h2-7,10-11H,8-9H2,1H3,(H,20,21,22). The number of aryl methyl sites for hydroxylation is 1. The molecular formula is C19H16N2O2S. The molecule has 0 spiro atoms. The van der Waals surface area contributed by atoms with Crippen LogP contribution in [0.4, 0.5) is 5.13 Å². The van der Waals surface area contributed by atoms with Gasteiger partial charge in [-0.05, 0) is 42.3 Å². The number of anilines is 1. The molecule has 4 nitrogen and oxygen atoms in total. The average molecular weight is 336 g/mol. The van der Waals surface area contributed by atoms with Crippen molar-refractivity contribution in [1.82, 2.24) is 4.98 Å². The number of benzene rings is 2. The number of carbonyl (C=O) groups is 1. The van der Waals surface area contributed by atoms with Crippen LogP contribution in [-0.2, 0) is 6.42 Å². The lowest BCUT2D eigenvalue weighted by Crippen LogP contribution is -2.12. The number of fused-ring (bicyclic) bond motifs is 1. The number of amides is 1. The van der Waals surface area contributed by atoms with Crippen LogP contribution in [0.3, 0.4) is 0 Å². The van der Waals surface area contributed by atoms with Gasteiger partial charge in [0.15, 0.2) is 5.13 Å². The number of rotatable bonds is 3. The Labute approximate surface area is 144 Å². The average Bonchev–Trinajstić information content (AvgIpc) is 3.23. The minimum atomic E-state index is -0.128. The van der Waals surface area contributed by atoms with Crippen molar-refractivity contribution < 1.29 is 9.53 Å². The van der Waals surface area contributed by atoms with Crippen LogP contribution < -0.4 is 10.1 Å². The van der Waals surface area contributed by atoms with E-state index in [4.69, 9.17) is 4.74 Å². The Kier molecular flexibility index (Phi) is 3.78. The van der Waals surface area contributed by atoms with Crippen LogP contribution in [0.1, 0.15) is 21.5 Å². The highest BCUT2D eigenvalue weighted by atomic mass is 32.1. The third-order valence-corrected chi connectivity index (χ3v) is 4.86. The van der Waals surface area contributed by atoms with E-state index in [1.807, 2.05) is 48.7 Å². The highest BCUT2D eigenvalue weighted by Gasteiger charge is 2.15. The monoisotopic (exact) mass is 336 g/mol. The number of hydrogen-bond donors (Lipinski definition) is 1. The highest BCUT2D eigenvalue weighted by Crippen LogP contribution is 2.32. The van der Waals surface area contributed by atoms with Crippen molar-refractivity contribution in [2.75, 3.05) is 11.9 Å². The number of thiazole rings is 1. The van der Waals surface area contributed by atoms with Crippen molar-refractivity contribution in [3.63, 3.8) is 0 Å². The van der Waals surface area contributed by atoms with Crippen molar-refractivity contribution >= 4 is 22.4 Å². The molecule has 0 atom stereocenters. The first-order valence-corrected chi connectivity index (χ1v) is 8.67. The van der Waals surface area contributed by atoms with Gasteiger partial charge in [0.05, 0.1) is 12.3 Å². The summed E-state index contributed by atoms with van der Waals surface area (Å²) in [6.45, 7) is 2.67. The number of ether oxygens (including phenoxy) is 1. The molecule has 1 N–H and O–H groups in total. The summed E-state index contributed by atoms with van der Waals surface area (Å²) in [6, 6.07) is 13.6. The number of carbonyl (C=O) groups excluding carboxylic acids is 1. The van der Waals surface area contributed by atoms with E-state index in [0.717, 1.165) is 35.6 Å². The predicted molar refractivity (Wildman–Crippen MR) is 95.9 cm³/mol. The molecule has 4 rings (SSSR count). The largest absolute Gasteiger partial charge is 0.493 e. The number of nitrogens with one attached hydrogen (secondary N) is 1. The third-order valence-electron chi connectivity index (χ3n) is 4.10. The van der Waals surface area contributed by atoms with E-state index in [0.29, 0.717) is 10.7 Å². The van der Waals surface area contributed by atoms with Crippen LogP contribution in [-0.4, -0.2) is 17.5 Å². The first-order chi connectivity index (χ1) is 11.7. The van der Waals surface area contributed by atoms with E-state index in [1.54, 1.807) is 0 Å². The van der Waals surface area contributed by atoms with Crippen molar-refractivity contribution in [2.24, 2.45) is 0 Å². The minimum absolute atomic E-state index is 0.128. The maximum atomic E-state index is 12.4. The predicted octanol–water partition coefficient (Wildman–Crippen LogP) is 4.31. The van der Waals surface area contributed by atoms with E-state index in [-0.39, 0.29) is 5.91 Å². The quantitative estimate of drug-likeness (QED) is 0.775. The molecular weight excluding hydrogens is 320 g/mol. The van der Waals surface area contributed by atoms with Gasteiger partial charge in [-0.3, -0.25) is 10.1 Å². The Morgan fingerprint density at radius 1 is 1.25 bits per heavy atom. The van der Waals surface area contributed by atoms with Crippen molar-refractivity contribution in [2.45, 2.75) is 13.3 Å². The molecule has 0 fully saturated rings. The number of aromatic nitrogens is 1. The van der Waals surface area contributed by atoms with Gasteiger partial charge in [0, 0.05) is 22.9 Å². The molecule has 0 aliphatic carbocycles. The lowest BCUT2D eigenvalue weighted by Gasteiger charge is -2.04. The first-order valence-electron chi connectivity index (χ1n) is 7.79. The van der Waals surface area contributed by atoms with Crippen LogP contribution in [0, 0.1) is 6.92 Å². The Morgan fingerprint density at radius 3 is 3.00 bits per heavy atom. The van der Waals surface area contributed by atoms with Gasteiger partial charge >= 0.3 is 0 Å². The lowest BCUT2D eigenvalue weighted by atomic mass is 10.1. The zero-order chi connectivity index (χ0) is 16.5. The minimum Gasteiger partial charge on any atom is -0.493 e. The number of hydrogen-bond acceptors (Lipinski definition) is 4. The summed E-state index contributed by atoms with van der Waals surface area (Å²) in [5.74, 6) is 0.832. The summed E-state index contributed by atoms with van der Waals surface area (Å²) in [6.07, 6.45) is 0.935. The molecule has 120 valence electrons. The van der Waals surface area contributed by atoms with E-state index >= 15 is 0 Å². The van der Waals surface area contributed by atoms with Crippen LogP contribution in [0.2, 0.25) is 0 Å². The number of nitrogens with zero attached hydrogens (tertiary/aromatic N) is 1. The molecule has 1 aliphatic heterocycles. The summed E-state index contributed by atoms with van der Waals surface area (Å²) in [5.41, 5.74) is 4.75. The summed E-state index contributed by atoms with van der Waals surface area (Å²) in [5, 5.41) is 5.46. The molecule has 24 heavy (non-hydrogen) atoms. The van der Waals surface area contributed by atoms with E-state index < -0.39 is 0 Å². The van der Waals surface area contributed by atoms with Gasteiger partial charge in [-0.2, -0.15) is 0 Å². The molecule has 2 aromatic carbocycles. The van der Waals surface area contributed by atoms with Crippen molar-refractivity contribution in [3.8, 4) is 17.0 Å². The Morgan fingerprint density at radius 2 is 2.12 bits per heavy atom. The smallest absolute Gasteiger partial charge is 0.257 e. The Hall–Kier alpha value is -2.66. The molecule has 1 aliphatic rings. The second kappa shape index (κ2) is 6.09. The van der Waals surface area contributed by atoms with E-state index in [2.05, 4.69) is 16.4 Å². The van der Waals surface area contributed by atoms with Gasteiger partial charge in [0.1, 0.15) is 5.75 Å². The van der Waals surface area contributed by atoms with Gasteiger partial charge in [-0.25, -0.2) is 4.98 Å². The van der Waals surface area contributed by atoms with Crippen molar-refractivity contribution in [3.05, 3.63) is 64.5 Å².